The lowest BCUT2D eigenvalue weighted by molar-refractivity contribution is 0.436. The topological polar surface area (TPSA) is 35.8 Å². The first-order valence-electron chi connectivity index (χ1n) is 4.12. The molecule has 3 heteroatoms. The zero-order valence-electron chi connectivity index (χ0n) is 8.15. The third kappa shape index (κ3) is 2.47. The second-order valence-electron chi connectivity index (χ2n) is 3.05. The molecule has 0 radical (unpaired) electrons. The minimum absolute atomic E-state index is 0.269. The molecule has 0 saturated heterocycles. The molecule has 70 valence electrons. The van der Waals surface area contributed by atoms with Crippen molar-refractivity contribution in [2.24, 2.45) is 5.10 Å². The van der Waals surface area contributed by atoms with Gasteiger partial charge in [-0.3, -0.25) is 0 Å². The first-order valence-corrected chi connectivity index (χ1v) is 4.12. The van der Waals surface area contributed by atoms with Gasteiger partial charge in [0.25, 0.3) is 0 Å². The zero-order valence-corrected chi connectivity index (χ0v) is 8.15. The van der Waals surface area contributed by atoms with Crippen molar-refractivity contribution in [3.63, 3.8) is 0 Å². The summed E-state index contributed by atoms with van der Waals surface area (Å²) in [5.41, 5.74) is 1.58. The van der Waals surface area contributed by atoms with E-state index in [4.69, 9.17) is 0 Å². The van der Waals surface area contributed by atoms with Crippen LogP contribution in [0, 0.1) is 0 Å². The Labute approximate surface area is 78.3 Å². The van der Waals surface area contributed by atoms with E-state index in [1.54, 1.807) is 17.1 Å². The highest BCUT2D eigenvalue weighted by Crippen LogP contribution is 2.16. The van der Waals surface area contributed by atoms with E-state index in [1.807, 2.05) is 33.2 Å². The molecule has 0 fully saturated rings. The molecule has 0 spiro atoms. The Balaban J connectivity index is 3.02. The molecule has 0 amide bonds. The second-order valence-corrected chi connectivity index (χ2v) is 3.05. The summed E-state index contributed by atoms with van der Waals surface area (Å²) in [6.45, 7) is 1.87. The highest BCUT2D eigenvalue weighted by Gasteiger charge is 2.02. The predicted molar refractivity (Wildman–Crippen MR) is 54.0 cm³/mol. The molecule has 1 rings (SSSR count). The highest BCUT2D eigenvalue weighted by atomic mass is 16.3. The number of phenols is 1. The quantitative estimate of drug-likeness (QED) is 0.552. The van der Waals surface area contributed by atoms with Gasteiger partial charge in [-0.1, -0.05) is 12.1 Å². The van der Waals surface area contributed by atoms with Crippen LogP contribution >= 0.6 is 0 Å². The lowest BCUT2D eigenvalue weighted by Crippen LogP contribution is -2.07. The van der Waals surface area contributed by atoms with E-state index in [0.29, 0.717) is 0 Å². The monoisotopic (exact) mass is 178 g/mol. The van der Waals surface area contributed by atoms with Crippen molar-refractivity contribution in [1.82, 2.24) is 5.01 Å². The normalized spacial score (nSPS) is 11.5. The lowest BCUT2D eigenvalue weighted by Gasteiger charge is -2.08. The van der Waals surface area contributed by atoms with Gasteiger partial charge in [0, 0.05) is 19.7 Å². The largest absolute Gasteiger partial charge is 0.507 e. The summed E-state index contributed by atoms with van der Waals surface area (Å²) in [6, 6.07) is 7.17. The lowest BCUT2D eigenvalue weighted by atomic mass is 10.1. The molecule has 0 aromatic heterocycles. The molecule has 0 aliphatic heterocycles. The van der Waals surface area contributed by atoms with Gasteiger partial charge in [-0.2, -0.15) is 5.10 Å². The Hall–Kier alpha value is -1.51. The van der Waals surface area contributed by atoms with Crippen LogP contribution in [0.3, 0.4) is 0 Å². The van der Waals surface area contributed by atoms with Crippen LogP contribution in [0.15, 0.2) is 29.4 Å². The van der Waals surface area contributed by atoms with Crippen molar-refractivity contribution in [2.75, 3.05) is 14.1 Å². The Kier molecular flexibility index (Phi) is 2.90. The molecular formula is C10H14N2O. The van der Waals surface area contributed by atoms with Crippen LogP contribution in [0.25, 0.3) is 0 Å². The molecule has 0 atom stereocenters. The minimum Gasteiger partial charge on any atom is -0.507 e. The van der Waals surface area contributed by atoms with Crippen LogP contribution < -0.4 is 0 Å². The van der Waals surface area contributed by atoms with Gasteiger partial charge in [0.2, 0.25) is 0 Å². The highest BCUT2D eigenvalue weighted by molar-refractivity contribution is 6.00. The Bertz CT molecular complexity index is 318. The van der Waals surface area contributed by atoms with Crippen molar-refractivity contribution in [3.8, 4) is 5.75 Å². The second kappa shape index (κ2) is 3.94. The van der Waals surface area contributed by atoms with E-state index in [9.17, 15) is 5.11 Å². The van der Waals surface area contributed by atoms with Gasteiger partial charge in [-0.05, 0) is 19.1 Å². The molecule has 1 aromatic rings. The molecule has 0 bridgehead atoms. The maximum atomic E-state index is 9.49. The molecule has 1 aromatic carbocycles. The number of aromatic hydroxyl groups is 1. The van der Waals surface area contributed by atoms with Gasteiger partial charge >= 0.3 is 0 Å². The Morgan fingerprint density at radius 2 is 1.92 bits per heavy atom. The Morgan fingerprint density at radius 3 is 2.46 bits per heavy atom. The number of hydrogen-bond acceptors (Lipinski definition) is 3. The molecule has 0 aliphatic carbocycles. The summed E-state index contributed by atoms with van der Waals surface area (Å²) in [6.07, 6.45) is 0. The molecule has 3 nitrogen and oxygen atoms in total. The van der Waals surface area contributed by atoms with Crippen molar-refractivity contribution >= 4 is 5.71 Å². The third-order valence-electron chi connectivity index (χ3n) is 1.64. The van der Waals surface area contributed by atoms with Gasteiger partial charge in [-0.15, -0.1) is 0 Å². The van der Waals surface area contributed by atoms with Gasteiger partial charge < -0.3 is 10.1 Å². The van der Waals surface area contributed by atoms with Crippen LogP contribution in [0.2, 0.25) is 0 Å². The molecule has 1 N–H and O–H groups in total. The van der Waals surface area contributed by atoms with Crippen molar-refractivity contribution in [3.05, 3.63) is 29.8 Å². The van der Waals surface area contributed by atoms with Crippen LogP contribution in [-0.4, -0.2) is 29.9 Å². The van der Waals surface area contributed by atoms with Crippen LogP contribution in [0.5, 0.6) is 5.75 Å². The fraction of sp³-hybridized carbons (Fsp3) is 0.300. The van der Waals surface area contributed by atoms with E-state index in [2.05, 4.69) is 5.10 Å². The van der Waals surface area contributed by atoms with E-state index >= 15 is 0 Å². The first-order chi connectivity index (χ1) is 6.11. The summed E-state index contributed by atoms with van der Waals surface area (Å²) >= 11 is 0. The Morgan fingerprint density at radius 1 is 1.31 bits per heavy atom. The van der Waals surface area contributed by atoms with Crippen LogP contribution in [-0.2, 0) is 0 Å². The molecular weight excluding hydrogens is 164 g/mol. The number of para-hydroxylation sites is 1. The summed E-state index contributed by atoms with van der Waals surface area (Å²) in [5.74, 6) is 0.269. The summed E-state index contributed by atoms with van der Waals surface area (Å²) in [4.78, 5) is 0. The molecule has 0 saturated carbocycles. The fourth-order valence-corrected chi connectivity index (χ4v) is 1.13. The molecule has 0 heterocycles. The van der Waals surface area contributed by atoms with Crippen LogP contribution in [0.4, 0.5) is 0 Å². The van der Waals surface area contributed by atoms with Crippen LogP contribution in [0.1, 0.15) is 12.5 Å². The fourth-order valence-electron chi connectivity index (χ4n) is 1.13. The molecule has 0 unspecified atom stereocenters. The van der Waals surface area contributed by atoms with E-state index in [0.717, 1.165) is 11.3 Å². The minimum atomic E-state index is 0.269. The van der Waals surface area contributed by atoms with Gasteiger partial charge in [0.1, 0.15) is 5.75 Å². The number of phenolic OH excluding ortho intramolecular Hbond substituents is 1. The van der Waals surface area contributed by atoms with Gasteiger partial charge in [-0.25, -0.2) is 0 Å². The van der Waals surface area contributed by atoms with Gasteiger partial charge in [0.05, 0.1) is 5.71 Å². The standard InChI is InChI=1S/C10H14N2O/c1-8(11-12(2)3)9-6-4-5-7-10(9)13/h4-7,13H,1-3H3/b11-8-. The number of rotatable bonds is 2. The number of hydrogen-bond donors (Lipinski definition) is 1. The van der Waals surface area contributed by atoms with E-state index in [1.165, 1.54) is 0 Å². The number of hydrazone groups is 1. The summed E-state index contributed by atoms with van der Waals surface area (Å²) in [5, 5.41) is 15.4. The maximum absolute atomic E-state index is 9.49. The number of benzene rings is 1. The molecule has 0 aliphatic rings. The average Bonchev–Trinajstić information content (AvgIpc) is 2.03. The summed E-state index contributed by atoms with van der Waals surface area (Å²) in [7, 11) is 3.70. The third-order valence-corrected chi connectivity index (χ3v) is 1.64. The number of nitrogens with zero attached hydrogens (tertiary/aromatic N) is 2. The zero-order chi connectivity index (χ0) is 9.84. The van der Waals surface area contributed by atoms with Crippen molar-refractivity contribution in [1.29, 1.82) is 0 Å². The first kappa shape index (κ1) is 9.58. The average molecular weight is 178 g/mol. The van der Waals surface area contributed by atoms with E-state index in [-0.39, 0.29) is 5.75 Å². The SMILES string of the molecule is C/C(=N/N(C)C)c1ccccc1O. The smallest absolute Gasteiger partial charge is 0.124 e. The van der Waals surface area contributed by atoms with Crippen molar-refractivity contribution in [2.45, 2.75) is 6.92 Å². The van der Waals surface area contributed by atoms with Crippen molar-refractivity contribution < 1.29 is 5.11 Å². The van der Waals surface area contributed by atoms with E-state index < -0.39 is 0 Å². The van der Waals surface area contributed by atoms with Gasteiger partial charge in [0.15, 0.2) is 0 Å². The predicted octanol–water partition coefficient (Wildman–Crippen LogP) is 1.68. The molecule has 13 heavy (non-hydrogen) atoms. The summed E-state index contributed by atoms with van der Waals surface area (Å²) < 4.78 is 0. The maximum Gasteiger partial charge on any atom is 0.124 e.